The lowest BCUT2D eigenvalue weighted by atomic mass is 10.1. The van der Waals surface area contributed by atoms with Crippen molar-refractivity contribution in [1.29, 1.82) is 0 Å². The first kappa shape index (κ1) is 11.1. The summed E-state index contributed by atoms with van der Waals surface area (Å²) in [6.45, 7) is 2.01. The average molecular weight is 234 g/mol. The largest absolute Gasteiger partial charge is 0.351 e. The molecule has 1 aromatic rings. The van der Waals surface area contributed by atoms with Gasteiger partial charge in [-0.2, -0.15) is 0 Å². The Kier molecular flexibility index (Phi) is 3.19. The molecule has 0 aliphatic carbocycles. The molecular weight excluding hydrogens is 220 g/mol. The molecule has 3 N–H and O–H groups in total. The van der Waals surface area contributed by atoms with Gasteiger partial charge in [0.1, 0.15) is 0 Å². The molecule has 0 radical (unpaired) electrons. The lowest BCUT2D eigenvalue weighted by molar-refractivity contribution is 0.251. The number of benzene rings is 1. The molecule has 16 heavy (non-hydrogen) atoms. The molecule has 84 valence electrons. The number of urea groups is 1. The van der Waals surface area contributed by atoms with E-state index >= 15 is 0 Å². The van der Waals surface area contributed by atoms with Crippen LogP contribution in [-0.4, -0.2) is 6.03 Å². The zero-order chi connectivity index (χ0) is 11.5. The van der Waals surface area contributed by atoms with E-state index in [1.807, 2.05) is 25.1 Å². The fourth-order valence-corrected chi connectivity index (χ4v) is 3.04. The summed E-state index contributed by atoms with van der Waals surface area (Å²) >= 11 is 1.78. The highest BCUT2D eigenvalue weighted by Crippen LogP contribution is 2.46. The monoisotopic (exact) mass is 234 g/mol. The number of hydrogen-bond acceptors (Lipinski definition) is 2. The second-order valence-corrected chi connectivity index (χ2v) is 5.16. The minimum atomic E-state index is -0.483. The zero-order valence-corrected chi connectivity index (χ0v) is 9.88. The Bertz CT molecular complexity index is 428. The molecule has 2 amide bonds. The predicted molar refractivity (Wildman–Crippen MR) is 66.8 cm³/mol. The molecular formula is C12H14N2OS. The summed E-state index contributed by atoms with van der Waals surface area (Å²) in [5, 5.41) is 3.08. The van der Waals surface area contributed by atoms with Gasteiger partial charge in [-0.3, -0.25) is 0 Å². The van der Waals surface area contributed by atoms with E-state index in [0.717, 1.165) is 17.0 Å². The van der Waals surface area contributed by atoms with E-state index in [0.29, 0.717) is 5.25 Å². The van der Waals surface area contributed by atoms with Crippen molar-refractivity contribution in [2.75, 3.05) is 0 Å². The van der Waals surface area contributed by atoms with Crippen molar-refractivity contribution in [1.82, 2.24) is 5.32 Å². The highest BCUT2D eigenvalue weighted by atomic mass is 32.2. The number of carbonyl (C=O) groups excluding carboxylic acids is 1. The first-order chi connectivity index (χ1) is 7.66. The highest BCUT2D eigenvalue weighted by Gasteiger charge is 2.24. The van der Waals surface area contributed by atoms with E-state index in [2.05, 4.69) is 17.4 Å². The number of primary amides is 1. The number of amides is 2. The van der Waals surface area contributed by atoms with Crippen LogP contribution in [0.15, 0.2) is 40.9 Å². The Balaban J connectivity index is 2.08. The first-order valence-electron chi connectivity index (χ1n) is 5.14. The summed E-state index contributed by atoms with van der Waals surface area (Å²) < 4.78 is 0. The van der Waals surface area contributed by atoms with Gasteiger partial charge in [-0.15, -0.1) is 11.8 Å². The van der Waals surface area contributed by atoms with Crippen LogP contribution in [0.25, 0.3) is 0 Å². The van der Waals surface area contributed by atoms with Crippen LogP contribution in [0.2, 0.25) is 0 Å². The third-order valence-electron chi connectivity index (χ3n) is 2.58. The van der Waals surface area contributed by atoms with Crippen LogP contribution in [0, 0.1) is 0 Å². The van der Waals surface area contributed by atoms with Gasteiger partial charge in [-0.05, 0) is 12.5 Å². The van der Waals surface area contributed by atoms with Gasteiger partial charge >= 0.3 is 6.03 Å². The van der Waals surface area contributed by atoms with Crippen LogP contribution in [0.3, 0.4) is 0 Å². The fourth-order valence-electron chi connectivity index (χ4n) is 1.80. The normalized spacial score (nSPS) is 19.9. The Morgan fingerprint density at radius 3 is 2.75 bits per heavy atom. The number of nitrogens with two attached hydrogens (primary N) is 1. The van der Waals surface area contributed by atoms with Crippen molar-refractivity contribution < 1.29 is 4.79 Å². The van der Waals surface area contributed by atoms with Gasteiger partial charge in [0, 0.05) is 22.3 Å². The Morgan fingerprint density at radius 2 is 2.12 bits per heavy atom. The molecule has 1 aliphatic heterocycles. The second-order valence-electron chi connectivity index (χ2n) is 3.75. The number of rotatable bonds is 2. The van der Waals surface area contributed by atoms with E-state index in [1.165, 1.54) is 5.56 Å². The molecule has 3 nitrogen and oxygen atoms in total. The van der Waals surface area contributed by atoms with Crippen LogP contribution in [0.1, 0.15) is 24.2 Å². The number of carbonyl (C=O) groups is 1. The maximum absolute atomic E-state index is 10.8. The maximum Gasteiger partial charge on any atom is 0.316 e. The summed E-state index contributed by atoms with van der Waals surface area (Å²) in [5.74, 6) is 0. The van der Waals surface area contributed by atoms with Crippen molar-refractivity contribution >= 4 is 17.8 Å². The molecule has 0 fully saturated rings. The minimum Gasteiger partial charge on any atom is -0.351 e. The SMILES string of the molecule is CC1=C(NC(N)=O)CC(c2ccccc2)S1. The molecule has 0 saturated heterocycles. The van der Waals surface area contributed by atoms with E-state index in [9.17, 15) is 4.79 Å². The van der Waals surface area contributed by atoms with E-state index in [1.54, 1.807) is 11.8 Å². The molecule has 1 heterocycles. The Hall–Kier alpha value is -1.42. The number of thioether (sulfide) groups is 1. The lowest BCUT2D eigenvalue weighted by Gasteiger charge is -2.09. The molecule has 0 bridgehead atoms. The number of allylic oxidation sites excluding steroid dienone is 2. The molecule has 0 spiro atoms. The van der Waals surface area contributed by atoms with Crippen molar-refractivity contribution in [2.45, 2.75) is 18.6 Å². The van der Waals surface area contributed by atoms with E-state index in [4.69, 9.17) is 5.73 Å². The maximum atomic E-state index is 10.8. The molecule has 0 saturated carbocycles. The van der Waals surface area contributed by atoms with Gasteiger partial charge < -0.3 is 11.1 Å². The van der Waals surface area contributed by atoms with Crippen molar-refractivity contribution in [3.63, 3.8) is 0 Å². The third-order valence-corrected chi connectivity index (χ3v) is 3.90. The van der Waals surface area contributed by atoms with Gasteiger partial charge in [0.2, 0.25) is 0 Å². The molecule has 1 unspecified atom stereocenters. The average Bonchev–Trinajstić information content (AvgIpc) is 2.61. The Morgan fingerprint density at radius 1 is 1.44 bits per heavy atom. The topological polar surface area (TPSA) is 55.1 Å². The molecule has 0 aromatic heterocycles. The summed E-state index contributed by atoms with van der Waals surface area (Å²) in [5.41, 5.74) is 7.36. The van der Waals surface area contributed by atoms with Crippen LogP contribution in [0.4, 0.5) is 4.79 Å². The molecule has 1 atom stereocenters. The predicted octanol–water partition coefficient (Wildman–Crippen LogP) is 2.76. The van der Waals surface area contributed by atoms with Gasteiger partial charge in [-0.25, -0.2) is 4.79 Å². The molecule has 2 rings (SSSR count). The van der Waals surface area contributed by atoms with Crippen LogP contribution < -0.4 is 11.1 Å². The quantitative estimate of drug-likeness (QED) is 0.826. The van der Waals surface area contributed by atoms with Gasteiger partial charge in [0.15, 0.2) is 0 Å². The first-order valence-corrected chi connectivity index (χ1v) is 6.02. The third kappa shape index (κ3) is 2.39. The number of hydrogen-bond donors (Lipinski definition) is 2. The van der Waals surface area contributed by atoms with Crippen LogP contribution in [0.5, 0.6) is 0 Å². The molecule has 4 heteroatoms. The van der Waals surface area contributed by atoms with Crippen molar-refractivity contribution in [3.8, 4) is 0 Å². The zero-order valence-electron chi connectivity index (χ0n) is 9.07. The number of nitrogens with one attached hydrogen (secondary N) is 1. The fraction of sp³-hybridized carbons (Fsp3) is 0.250. The van der Waals surface area contributed by atoms with E-state index < -0.39 is 6.03 Å². The standard InChI is InChI=1S/C12H14N2OS/c1-8-10(14-12(13)15)7-11(16-8)9-5-3-2-4-6-9/h2-6,11H,7H2,1H3,(H3,13,14,15). The van der Waals surface area contributed by atoms with Crippen LogP contribution in [-0.2, 0) is 0 Å². The minimum absolute atomic E-state index is 0.392. The summed E-state index contributed by atoms with van der Waals surface area (Å²) in [6.07, 6.45) is 0.837. The van der Waals surface area contributed by atoms with Gasteiger partial charge in [-0.1, -0.05) is 30.3 Å². The van der Waals surface area contributed by atoms with Crippen molar-refractivity contribution in [3.05, 3.63) is 46.5 Å². The van der Waals surface area contributed by atoms with Gasteiger partial charge in [0.05, 0.1) is 0 Å². The summed E-state index contributed by atoms with van der Waals surface area (Å²) in [6, 6.07) is 9.81. The molecule has 1 aliphatic rings. The van der Waals surface area contributed by atoms with E-state index in [-0.39, 0.29) is 0 Å². The summed E-state index contributed by atoms with van der Waals surface area (Å²) in [4.78, 5) is 12.0. The highest BCUT2D eigenvalue weighted by molar-refractivity contribution is 8.03. The molecule has 1 aromatic carbocycles. The van der Waals surface area contributed by atoms with Crippen molar-refractivity contribution in [2.24, 2.45) is 5.73 Å². The smallest absolute Gasteiger partial charge is 0.316 e. The van der Waals surface area contributed by atoms with Gasteiger partial charge in [0.25, 0.3) is 0 Å². The van der Waals surface area contributed by atoms with Crippen LogP contribution >= 0.6 is 11.8 Å². The Labute approximate surface area is 99.1 Å². The lowest BCUT2D eigenvalue weighted by Crippen LogP contribution is -2.28. The summed E-state index contributed by atoms with van der Waals surface area (Å²) in [7, 11) is 0. The second kappa shape index (κ2) is 4.61.